The molecule has 2 aromatic carbocycles. The lowest BCUT2D eigenvalue weighted by molar-refractivity contribution is -0.123. The van der Waals surface area contributed by atoms with E-state index < -0.39 is 0 Å². The number of ketones is 1. The van der Waals surface area contributed by atoms with E-state index in [1.807, 2.05) is 41.9 Å². The molecule has 6 heteroatoms. The number of rotatable bonds is 7. The average Bonchev–Trinajstić information content (AvgIpc) is 3.05. The number of aryl methyl sites for hydroxylation is 2. The summed E-state index contributed by atoms with van der Waals surface area (Å²) in [5, 5.41) is 0.676. The van der Waals surface area contributed by atoms with Gasteiger partial charge in [0.1, 0.15) is 11.5 Å². The fourth-order valence-corrected chi connectivity index (χ4v) is 5.12. The van der Waals surface area contributed by atoms with Gasteiger partial charge < -0.3 is 4.74 Å². The van der Waals surface area contributed by atoms with E-state index in [2.05, 4.69) is 13.0 Å². The lowest BCUT2D eigenvalue weighted by atomic mass is 9.78. The van der Waals surface area contributed by atoms with E-state index in [1.54, 1.807) is 11.7 Å². The normalized spacial score (nSPS) is 18.8. The van der Waals surface area contributed by atoms with Crippen molar-refractivity contribution in [3.63, 3.8) is 0 Å². The van der Waals surface area contributed by atoms with Crippen LogP contribution in [0.3, 0.4) is 0 Å². The molecule has 1 heterocycles. The molecule has 1 aromatic heterocycles. The van der Waals surface area contributed by atoms with Gasteiger partial charge >= 0.3 is 5.69 Å². The Bertz CT molecular complexity index is 1190. The fourth-order valence-electron chi connectivity index (χ4n) is 4.93. The number of benzene rings is 2. The SMILES string of the molecule is CCc1ccc(Cl)c(CC(=O)C2CCC(Cn3c(=O)n(C)c4ccc(OC)cc43)CC2)c1. The quantitative estimate of drug-likeness (QED) is 0.494. The molecule has 5 nitrogen and oxygen atoms in total. The molecular formula is C26H31ClN2O3. The molecule has 0 radical (unpaired) electrons. The van der Waals surface area contributed by atoms with Gasteiger partial charge in [-0.2, -0.15) is 0 Å². The first-order valence-corrected chi connectivity index (χ1v) is 11.8. The number of nitrogens with zero attached hydrogens (tertiary/aromatic N) is 2. The van der Waals surface area contributed by atoms with Gasteiger partial charge in [-0.05, 0) is 67.3 Å². The number of ether oxygens (including phenoxy) is 1. The zero-order valence-corrected chi connectivity index (χ0v) is 19.8. The van der Waals surface area contributed by atoms with Crippen LogP contribution < -0.4 is 10.4 Å². The number of hydrogen-bond donors (Lipinski definition) is 0. The van der Waals surface area contributed by atoms with Crippen molar-refractivity contribution in [1.82, 2.24) is 9.13 Å². The van der Waals surface area contributed by atoms with Crippen LogP contribution in [0, 0.1) is 11.8 Å². The Labute approximate surface area is 193 Å². The summed E-state index contributed by atoms with van der Waals surface area (Å²) >= 11 is 6.34. The topological polar surface area (TPSA) is 53.2 Å². The third kappa shape index (κ3) is 4.49. The number of carbonyl (C=O) groups excluding carboxylic acids is 1. The van der Waals surface area contributed by atoms with Crippen molar-refractivity contribution < 1.29 is 9.53 Å². The van der Waals surface area contributed by atoms with E-state index >= 15 is 0 Å². The number of Topliss-reactive ketones (excluding diaryl/α,β-unsaturated/α-hetero) is 1. The summed E-state index contributed by atoms with van der Waals surface area (Å²) in [5.41, 5.74) is 3.95. The summed E-state index contributed by atoms with van der Waals surface area (Å²) < 4.78 is 8.91. The van der Waals surface area contributed by atoms with E-state index in [9.17, 15) is 9.59 Å². The molecule has 0 amide bonds. The summed E-state index contributed by atoms with van der Waals surface area (Å²) in [7, 11) is 3.44. The molecule has 0 spiro atoms. The van der Waals surface area contributed by atoms with Gasteiger partial charge in [0.25, 0.3) is 0 Å². The van der Waals surface area contributed by atoms with Gasteiger partial charge in [-0.1, -0.05) is 30.7 Å². The number of methoxy groups -OCH3 is 1. The first kappa shape index (κ1) is 22.7. The highest BCUT2D eigenvalue weighted by Crippen LogP contribution is 2.32. The van der Waals surface area contributed by atoms with Crippen LogP contribution in [0.15, 0.2) is 41.2 Å². The maximum Gasteiger partial charge on any atom is 0.328 e. The molecule has 0 bridgehead atoms. The Hall–Kier alpha value is -2.53. The van der Waals surface area contributed by atoms with Crippen LogP contribution in [0.4, 0.5) is 0 Å². The molecule has 0 unspecified atom stereocenters. The van der Waals surface area contributed by atoms with Crippen molar-refractivity contribution in [2.24, 2.45) is 18.9 Å². The third-order valence-corrected chi connectivity index (χ3v) is 7.35. The molecule has 1 saturated carbocycles. The standard InChI is InChI=1S/C26H31ClN2O3/c1-4-17-7-11-22(27)20(13-17)14-25(30)19-8-5-18(6-9-19)16-29-24-15-21(32-3)10-12-23(24)28(2)26(29)31/h7,10-13,15,18-19H,4-6,8-9,14,16H2,1-3H3. The summed E-state index contributed by atoms with van der Waals surface area (Å²) in [6, 6.07) is 11.7. The summed E-state index contributed by atoms with van der Waals surface area (Å²) in [5.74, 6) is 1.50. The number of aromatic nitrogens is 2. The Kier molecular flexibility index (Phi) is 6.75. The van der Waals surface area contributed by atoms with Gasteiger partial charge in [0.05, 0.1) is 18.1 Å². The van der Waals surface area contributed by atoms with E-state index in [-0.39, 0.29) is 17.4 Å². The molecule has 0 aliphatic heterocycles. The van der Waals surface area contributed by atoms with Gasteiger partial charge in [0.15, 0.2) is 0 Å². The van der Waals surface area contributed by atoms with Crippen molar-refractivity contribution in [1.29, 1.82) is 0 Å². The Morgan fingerprint density at radius 3 is 2.53 bits per heavy atom. The van der Waals surface area contributed by atoms with Crippen LogP contribution in [0.1, 0.15) is 43.7 Å². The highest BCUT2D eigenvalue weighted by atomic mass is 35.5. The highest BCUT2D eigenvalue weighted by Gasteiger charge is 2.27. The second-order valence-corrected chi connectivity index (χ2v) is 9.35. The lowest BCUT2D eigenvalue weighted by Gasteiger charge is -2.28. The third-order valence-electron chi connectivity index (χ3n) is 6.98. The Balaban J connectivity index is 1.42. The van der Waals surface area contributed by atoms with Crippen molar-refractivity contribution in [3.05, 3.63) is 63.0 Å². The molecule has 1 fully saturated rings. The van der Waals surface area contributed by atoms with Crippen molar-refractivity contribution in [2.45, 2.75) is 52.0 Å². The summed E-state index contributed by atoms with van der Waals surface area (Å²) in [6.45, 7) is 2.78. The first-order chi connectivity index (χ1) is 15.4. The average molecular weight is 455 g/mol. The number of hydrogen-bond acceptors (Lipinski definition) is 3. The fraction of sp³-hybridized carbons (Fsp3) is 0.462. The van der Waals surface area contributed by atoms with Gasteiger partial charge in [-0.15, -0.1) is 0 Å². The zero-order chi connectivity index (χ0) is 22.8. The van der Waals surface area contributed by atoms with E-state index in [4.69, 9.17) is 16.3 Å². The van der Waals surface area contributed by atoms with E-state index in [0.29, 0.717) is 23.9 Å². The lowest BCUT2D eigenvalue weighted by Crippen LogP contribution is -2.29. The van der Waals surface area contributed by atoms with Crippen molar-refractivity contribution >= 4 is 28.4 Å². The number of fused-ring (bicyclic) bond motifs is 1. The van der Waals surface area contributed by atoms with Crippen LogP contribution in [-0.2, 0) is 31.2 Å². The molecule has 1 aliphatic rings. The Morgan fingerprint density at radius 1 is 1.09 bits per heavy atom. The van der Waals surface area contributed by atoms with Crippen LogP contribution in [0.2, 0.25) is 5.02 Å². The minimum absolute atomic E-state index is 0.00287. The van der Waals surface area contributed by atoms with E-state index in [1.165, 1.54) is 5.56 Å². The molecule has 170 valence electrons. The molecule has 0 saturated heterocycles. The molecule has 4 rings (SSSR count). The smallest absolute Gasteiger partial charge is 0.328 e. The maximum absolute atomic E-state index is 13.0. The highest BCUT2D eigenvalue weighted by molar-refractivity contribution is 6.31. The first-order valence-electron chi connectivity index (χ1n) is 11.4. The maximum atomic E-state index is 13.0. The van der Waals surface area contributed by atoms with Gasteiger partial charge in [-0.3, -0.25) is 13.9 Å². The van der Waals surface area contributed by atoms with E-state index in [0.717, 1.165) is 54.5 Å². The second-order valence-electron chi connectivity index (χ2n) is 8.95. The predicted molar refractivity (Wildman–Crippen MR) is 129 cm³/mol. The molecule has 0 atom stereocenters. The van der Waals surface area contributed by atoms with Crippen LogP contribution in [-0.4, -0.2) is 22.0 Å². The minimum Gasteiger partial charge on any atom is -0.497 e. The molecule has 1 aliphatic carbocycles. The van der Waals surface area contributed by atoms with Gasteiger partial charge in [-0.25, -0.2) is 4.79 Å². The van der Waals surface area contributed by atoms with Crippen molar-refractivity contribution in [3.8, 4) is 5.75 Å². The number of halogens is 1. The molecular weight excluding hydrogens is 424 g/mol. The van der Waals surface area contributed by atoms with Gasteiger partial charge in [0, 0.05) is 37.0 Å². The number of carbonyl (C=O) groups is 1. The molecule has 32 heavy (non-hydrogen) atoms. The largest absolute Gasteiger partial charge is 0.497 e. The van der Waals surface area contributed by atoms with Crippen molar-refractivity contribution in [2.75, 3.05) is 7.11 Å². The van der Waals surface area contributed by atoms with Gasteiger partial charge in [0.2, 0.25) is 0 Å². The van der Waals surface area contributed by atoms with Crippen LogP contribution in [0.25, 0.3) is 11.0 Å². The Morgan fingerprint density at radius 2 is 1.84 bits per heavy atom. The molecule has 3 aromatic rings. The second kappa shape index (κ2) is 9.53. The van der Waals surface area contributed by atoms with Crippen LogP contribution in [0.5, 0.6) is 5.75 Å². The van der Waals surface area contributed by atoms with Crippen LogP contribution >= 0.6 is 11.6 Å². The zero-order valence-electron chi connectivity index (χ0n) is 19.1. The summed E-state index contributed by atoms with van der Waals surface area (Å²) in [4.78, 5) is 25.8. The minimum atomic E-state index is -0.00287. The molecule has 0 N–H and O–H groups in total. The predicted octanol–water partition coefficient (Wildman–Crippen LogP) is 5.18. The monoisotopic (exact) mass is 454 g/mol. The number of imidazole rings is 1. The summed E-state index contributed by atoms with van der Waals surface area (Å²) in [6.07, 6.45) is 4.99.